The summed E-state index contributed by atoms with van der Waals surface area (Å²) in [5.41, 5.74) is -0.437. The van der Waals surface area contributed by atoms with Crippen LogP contribution in [0.4, 0.5) is 14.6 Å². The second kappa shape index (κ2) is 4.31. The summed E-state index contributed by atoms with van der Waals surface area (Å²) < 4.78 is 26.0. The quantitative estimate of drug-likeness (QED) is 0.748. The van der Waals surface area contributed by atoms with E-state index in [9.17, 15) is 8.78 Å². The smallest absolute Gasteiger partial charge is 0.168 e. The Kier molecular flexibility index (Phi) is 3.50. The zero-order chi connectivity index (χ0) is 11.6. The maximum absolute atomic E-state index is 13.4. The number of aromatic nitrogens is 1. The van der Waals surface area contributed by atoms with Crippen molar-refractivity contribution in [2.24, 2.45) is 0 Å². The molecule has 0 aliphatic rings. The lowest BCUT2D eigenvalue weighted by molar-refractivity contribution is 0.512. The van der Waals surface area contributed by atoms with E-state index >= 15 is 0 Å². The Labute approximate surface area is 92.9 Å². The summed E-state index contributed by atoms with van der Waals surface area (Å²) in [4.78, 5) is 5.30. The van der Waals surface area contributed by atoms with E-state index in [0.717, 1.165) is 12.3 Å². The lowest BCUT2D eigenvalue weighted by Crippen LogP contribution is -2.43. The molecule has 84 valence electrons. The molecule has 0 N–H and O–H groups in total. The van der Waals surface area contributed by atoms with E-state index in [1.165, 1.54) is 0 Å². The van der Waals surface area contributed by atoms with Gasteiger partial charge in [-0.2, -0.15) is 0 Å². The fraction of sp³-hybridized carbons (Fsp3) is 0.500. The summed E-state index contributed by atoms with van der Waals surface area (Å²) in [6.07, 6.45) is 0.985. The first-order chi connectivity index (χ1) is 6.88. The van der Waals surface area contributed by atoms with Crippen molar-refractivity contribution in [2.75, 3.05) is 17.8 Å². The Morgan fingerprint density at radius 1 is 1.47 bits per heavy atom. The largest absolute Gasteiger partial charge is 0.351 e. The number of alkyl halides is 1. The molecule has 0 unspecified atom stereocenters. The minimum Gasteiger partial charge on any atom is -0.351 e. The van der Waals surface area contributed by atoms with Gasteiger partial charge in [0.25, 0.3) is 0 Å². The van der Waals surface area contributed by atoms with Crippen molar-refractivity contribution in [3.63, 3.8) is 0 Å². The number of pyridine rings is 1. The van der Waals surface area contributed by atoms with Gasteiger partial charge in [0.05, 0.1) is 6.20 Å². The van der Waals surface area contributed by atoms with Crippen LogP contribution in [0.2, 0.25) is 0 Å². The number of hydrogen-bond acceptors (Lipinski definition) is 2. The molecule has 0 aliphatic carbocycles. The van der Waals surface area contributed by atoms with E-state index in [-0.39, 0.29) is 5.82 Å². The molecule has 1 aromatic rings. The summed E-state index contributed by atoms with van der Waals surface area (Å²) >= 11 is 5.76. The van der Waals surface area contributed by atoms with Gasteiger partial charge in [-0.15, -0.1) is 11.6 Å². The third-order valence-electron chi connectivity index (χ3n) is 2.34. The zero-order valence-electron chi connectivity index (χ0n) is 8.89. The fourth-order valence-corrected chi connectivity index (χ4v) is 1.21. The van der Waals surface area contributed by atoms with Crippen LogP contribution >= 0.6 is 11.6 Å². The molecule has 1 heterocycles. The molecule has 0 radical (unpaired) electrons. The molecule has 0 saturated carbocycles. The van der Waals surface area contributed by atoms with Crippen LogP contribution in [0.5, 0.6) is 0 Å². The minimum atomic E-state index is -0.687. The van der Waals surface area contributed by atoms with Crippen LogP contribution in [0.15, 0.2) is 12.3 Å². The molecule has 2 nitrogen and oxygen atoms in total. The molecule has 0 atom stereocenters. The second-order valence-corrected chi connectivity index (χ2v) is 4.23. The molecule has 0 bridgehead atoms. The highest BCUT2D eigenvalue weighted by Crippen LogP contribution is 2.24. The van der Waals surface area contributed by atoms with Gasteiger partial charge in [0.1, 0.15) is 5.82 Å². The molecular weight excluding hydrogens is 222 g/mol. The van der Waals surface area contributed by atoms with Crippen molar-refractivity contribution in [3.05, 3.63) is 23.9 Å². The molecule has 0 fully saturated rings. The number of hydrogen-bond donors (Lipinski definition) is 0. The molecule has 1 aromatic heterocycles. The average Bonchev–Trinajstić information content (AvgIpc) is 2.17. The lowest BCUT2D eigenvalue weighted by Gasteiger charge is -2.34. The highest BCUT2D eigenvalue weighted by atomic mass is 35.5. The third kappa shape index (κ3) is 2.56. The van der Waals surface area contributed by atoms with Crippen molar-refractivity contribution in [2.45, 2.75) is 19.4 Å². The van der Waals surface area contributed by atoms with Gasteiger partial charge in [0, 0.05) is 24.5 Å². The maximum atomic E-state index is 13.4. The molecule has 0 saturated heterocycles. The molecule has 0 aromatic carbocycles. The highest BCUT2D eigenvalue weighted by Gasteiger charge is 2.25. The number of nitrogens with zero attached hydrogens (tertiary/aromatic N) is 2. The first-order valence-electron chi connectivity index (χ1n) is 4.49. The Bertz CT molecular complexity index is 355. The van der Waals surface area contributed by atoms with Gasteiger partial charge in [-0.3, -0.25) is 0 Å². The SMILES string of the molecule is CN(c1ncc(F)cc1F)C(C)(C)CCl. The summed E-state index contributed by atoms with van der Waals surface area (Å²) in [6, 6.07) is 0.809. The Morgan fingerprint density at radius 2 is 2.07 bits per heavy atom. The molecule has 5 heteroatoms. The van der Waals surface area contributed by atoms with Crippen LogP contribution in [0.25, 0.3) is 0 Å². The van der Waals surface area contributed by atoms with Crippen LogP contribution in [0, 0.1) is 11.6 Å². The predicted molar refractivity (Wildman–Crippen MR) is 57.4 cm³/mol. The van der Waals surface area contributed by atoms with E-state index in [1.54, 1.807) is 11.9 Å². The summed E-state index contributed by atoms with van der Waals surface area (Å²) in [5.74, 6) is -0.951. The Hall–Kier alpha value is -0.900. The maximum Gasteiger partial charge on any atom is 0.168 e. The summed E-state index contributed by atoms with van der Waals surface area (Å²) in [5, 5.41) is 0. The number of anilines is 1. The van der Waals surface area contributed by atoms with Crippen LogP contribution < -0.4 is 4.90 Å². The summed E-state index contributed by atoms with van der Waals surface area (Å²) in [7, 11) is 1.67. The number of rotatable bonds is 3. The third-order valence-corrected chi connectivity index (χ3v) is 3.00. The lowest BCUT2D eigenvalue weighted by atomic mass is 10.1. The monoisotopic (exact) mass is 234 g/mol. The van der Waals surface area contributed by atoms with E-state index in [4.69, 9.17) is 11.6 Å². The molecular formula is C10H13ClF2N2. The Morgan fingerprint density at radius 3 is 2.53 bits per heavy atom. The van der Waals surface area contributed by atoms with E-state index in [2.05, 4.69) is 4.98 Å². The first kappa shape index (κ1) is 12.2. The first-order valence-corrected chi connectivity index (χ1v) is 5.03. The van der Waals surface area contributed by atoms with E-state index in [0.29, 0.717) is 5.88 Å². The second-order valence-electron chi connectivity index (χ2n) is 3.96. The van der Waals surface area contributed by atoms with Crippen LogP contribution in [-0.2, 0) is 0 Å². The molecule has 0 aliphatic heterocycles. The molecule has 1 rings (SSSR count). The molecule has 0 spiro atoms. The normalized spacial score (nSPS) is 11.6. The standard InChI is InChI=1S/C10H13ClF2N2/c1-10(2,6-11)15(3)9-8(13)4-7(12)5-14-9/h4-5H,6H2,1-3H3. The fourth-order valence-electron chi connectivity index (χ4n) is 1.03. The van der Waals surface area contributed by atoms with Crippen molar-refractivity contribution in [1.29, 1.82) is 0 Å². The van der Waals surface area contributed by atoms with Crippen LogP contribution in [-0.4, -0.2) is 23.5 Å². The van der Waals surface area contributed by atoms with Gasteiger partial charge >= 0.3 is 0 Å². The molecule has 0 amide bonds. The average molecular weight is 235 g/mol. The van der Waals surface area contributed by atoms with Crippen molar-refractivity contribution in [1.82, 2.24) is 4.98 Å². The van der Waals surface area contributed by atoms with Gasteiger partial charge in [-0.1, -0.05) is 0 Å². The predicted octanol–water partition coefficient (Wildman–Crippen LogP) is 2.81. The van der Waals surface area contributed by atoms with Gasteiger partial charge in [0.2, 0.25) is 0 Å². The van der Waals surface area contributed by atoms with Crippen LogP contribution in [0.3, 0.4) is 0 Å². The van der Waals surface area contributed by atoms with Gasteiger partial charge in [-0.25, -0.2) is 13.8 Å². The van der Waals surface area contributed by atoms with Crippen molar-refractivity contribution < 1.29 is 8.78 Å². The number of halogens is 3. The molecule has 15 heavy (non-hydrogen) atoms. The Balaban J connectivity index is 3.06. The summed E-state index contributed by atoms with van der Waals surface area (Å²) in [6.45, 7) is 3.70. The van der Waals surface area contributed by atoms with Crippen molar-refractivity contribution >= 4 is 17.4 Å². The van der Waals surface area contributed by atoms with Gasteiger partial charge in [-0.05, 0) is 13.8 Å². The minimum absolute atomic E-state index is 0.0991. The van der Waals surface area contributed by atoms with Crippen molar-refractivity contribution in [3.8, 4) is 0 Å². The highest BCUT2D eigenvalue weighted by molar-refractivity contribution is 6.18. The van der Waals surface area contributed by atoms with Gasteiger partial charge < -0.3 is 4.90 Å². The van der Waals surface area contributed by atoms with Crippen LogP contribution in [0.1, 0.15) is 13.8 Å². The van der Waals surface area contributed by atoms with E-state index in [1.807, 2.05) is 13.8 Å². The topological polar surface area (TPSA) is 16.1 Å². The van der Waals surface area contributed by atoms with E-state index < -0.39 is 17.2 Å². The zero-order valence-corrected chi connectivity index (χ0v) is 9.65. The van der Waals surface area contributed by atoms with Gasteiger partial charge in [0.15, 0.2) is 11.6 Å².